The predicted molar refractivity (Wildman–Crippen MR) is 104 cm³/mol. The molecular formula is C22H21FN2O4. The first-order valence-electron chi connectivity index (χ1n) is 9.57. The summed E-state index contributed by atoms with van der Waals surface area (Å²) in [4.78, 5) is 40.1. The summed E-state index contributed by atoms with van der Waals surface area (Å²) in [5, 5.41) is 9.63. The van der Waals surface area contributed by atoms with Crippen LogP contribution in [0.25, 0.3) is 0 Å². The maximum Gasteiger partial charge on any atom is 0.308 e. The summed E-state index contributed by atoms with van der Waals surface area (Å²) >= 11 is 0. The number of likely N-dealkylation sites (tertiary alicyclic amines) is 1. The van der Waals surface area contributed by atoms with Crippen LogP contribution in [0.15, 0.2) is 54.6 Å². The van der Waals surface area contributed by atoms with Crippen molar-refractivity contribution < 1.29 is 23.9 Å². The molecule has 1 N–H and O–H groups in total. The van der Waals surface area contributed by atoms with Crippen molar-refractivity contribution >= 4 is 23.5 Å². The lowest BCUT2D eigenvalue weighted by molar-refractivity contribution is -0.142. The molecule has 0 aliphatic carbocycles. The van der Waals surface area contributed by atoms with Gasteiger partial charge in [0.15, 0.2) is 0 Å². The summed E-state index contributed by atoms with van der Waals surface area (Å²) in [6, 6.07) is 15.3. The van der Waals surface area contributed by atoms with Crippen LogP contribution in [0.4, 0.5) is 10.1 Å². The summed E-state index contributed by atoms with van der Waals surface area (Å²) in [5.41, 5.74) is 1.05. The number of carbonyl (C=O) groups excluding carboxylic acids is 2. The third kappa shape index (κ3) is 3.60. The third-order valence-corrected chi connectivity index (χ3v) is 5.79. The Labute approximate surface area is 167 Å². The highest BCUT2D eigenvalue weighted by atomic mass is 19.1. The van der Waals surface area contributed by atoms with Gasteiger partial charge in [0.05, 0.1) is 17.5 Å². The molecule has 3 unspecified atom stereocenters. The van der Waals surface area contributed by atoms with E-state index in [1.54, 1.807) is 17.0 Å². The van der Waals surface area contributed by atoms with E-state index in [-0.39, 0.29) is 42.9 Å². The molecule has 0 bridgehead atoms. The number of benzene rings is 2. The maximum absolute atomic E-state index is 14.1. The van der Waals surface area contributed by atoms with Gasteiger partial charge in [0.25, 0.3) is 0 Å². The number of carbonyl (C=O) groups is 3. The monoisotopic (exact) mass is 396 g/mol. The Morgan fingerprint density at radius 2 is 1.66 bits per heavy atom. The van der Waals surface area contributed by atoms with Crippen LogP contribution in [-0.4, -0.2) is 47.4 Å². The molecule has 2 aromatic rings. The lowest BCUT2D eigenvalue weighted by Crippen LogP contribution is -2.36. The fraction of sp³-hybridized carbons (Fsp3) is 0.318. The number of carboxylic acid groups (broad SMARTS) is 1. The SMILES string of the molecule is O=C(O)C1CN(C(=O)C2CC(=O)N(c3ccccc3F)C2)CC1c1ccccc1. The van der Waals surface area contributed by atoms with Gasteiger partial charge in [0.1, 0.15) is 5.82 Å². The van der Waals surface area contributed by atoms with Gasteiger partial charge in [-0.25, -0.2) is 4.39 Å². The quantitative estimate of drug-likeness (QED) is 0.862. The number of hydrogen-bond donors (Lipinski definition) is 1. The van der Waals surface area contributed by atoms with Crippen molar-refractivity contribution in [2.75, 3.05) is 24.5 Å². The molecule has 2 saturated heterocycles. The minimum absolute atomic E-state index is 0.00257. The second-order valence-corrected chi connectivity index (χ2v) is 7.56. The van der Waals surface area contributed by atoms with Crippen molar-refractivity contribution in [2.45, 2.75) is 12.3 Å². The van der Waals surface area contributed by atoms with E-state index in [9.17, 15) is 23.9 Å². The second kappa shape index (κ2) is 7.66. The molecule has 0 spiro atoms. The minimum atomic E-state index is -0.940. The second-order valence-electron chi connectivity index (χ2n) is 7.56. The number of rotatable bonds is 4. The number of nitrogens with zero attached hydrogens (tertiary/aromatic N) is 2. The Morgan fingerprint density at radius 1 is 0.966 bits per heavy atom. The molecule has 0 saturated carbocycles. The van der Waals surface area contributed by atoms with Crippen LogP contribution >= 0.6 is 0 Å². The van der Waals surface area contributed by atoms with Gasteiger partial charge in [-0.05, 0) is 17.7 Å². The number of aliphatic carboxylic acids is 1. The molecule has 29 heavy (non-hydrogen) atoms. The van der Waals surface area contributed by atoms with Gasteiger partial charge in [-0.2, -0.15) is 0 Å². The van der Waals surface area contributed by atoms with E-state index in [2.05, 4.69) is 0 Å². The van der Waals surface area contributed by atoms with Crippen molar-refractivity contribution in [3.63, 3.8) is 0 Å². The summed E-state index contributed by atoms with van der Waals surface area (Å²) < 4.78 is 14.1. The van der Waals surface area contributed by atoms with E-state index < -0.39 is 23.6 Å². The first kappa shape index (κ1) is 19.1. The molecule has 2 aliphatic heterocycles. The molecule has 2 aromatic carbocycles. The molecule has 2 heterocycles. The standard InChI is InChI=1S/C22H21FN2O4/c23-18-8-4-5-9-19(18)25-11-15(10-20(25)26)21(27)24-12-16(17(13-24)22(28)29)14-6-2-1-3-7-14/h1-9,15-17H,10-13H2,(H,28,29). The predicted octanol–water partition coefficient (Wildman–Crippen LogP) is 2.51. The zero-order valence-electron chi connectivity index (χ0n) is 15.7. The molecule has 2 amide bonds. The topological polar surface area (TPSA) is 77.9 Å². The number of halogens is 1. The Bertz CT molecular complexity index is 949. The Morgan fingerprint density at radius 3 is 2.34 bits per heavy atom. The van der Waals surface area contributed by atoms with Crippen molar-refractivity contribution in [1.82, 2.24) is 4.90 Å². The van der Waals surface area contributed by atoms with Crippen molar-refractivity contribution in [2.24, 2.45) is 11.8 Å². The number of amides is 2. The Kier molecular flexibility index (Phi) is 5.05. The fourth-order valence-electron chi connectivity index (χ4n) is 4.31. The first-order chi connectivity index (χ1) is 14.0. The highest BCUT2D eigenvalue weighted by Crippen LogP contribution is 2.35. The van der Waals surface area contributed by atoms with Crippen LogP contribution in [0.1, 0.15) is 17.9 Å². The average molecular weight is 396 g/mol. The fourth-order valence-corrected chi connectivity index (χ4v) is 4.31. The van der Waals surface area contributed by atoms with E-state index >= 15 is 0 Å². The van der Waals surface area contributed by atoms with Crippen LogP contribution in [0, 0.1) is 17.7 Å². The molecule has 3 atom stereocenters. The van der Waals surface area contributed by atoms with Crippen molar-refractivity contribution in [1.29, 1.82) is 0 Å². The third-order valence-electron chi connectivity index (χ3n) is 5.79. The molecule has 0 radical (unpaired) electrons. The molecule has 2 aliphatic rings. The van der Waals surface area contributed by atoms with E-state index in [4.69, 9.17) is 0 Å². The minimum Gasteiger partial charge on any atom is -0.481 e. The van der Waals surface area contributed by atoms with Crippen LogP contribution in [0.3, 0.4) is 0 Å². The summed E-state index contributed by atoms with van der Waals surface area (Å²) in [5.74, 6) is -3.59. The molecule has 150 valence electrons. The van der Waals surface area contributed by atoms with Gasteiger partial charge >= 0.3 is 5.97 Å². The number of carboxylic acids is 1. The summed E-state index contributed by atoms with van der Waals surface area (Å²) in [7, 11) is 0. The first-order valence-corrected chi connectivity index (χ1v) is 9.57. The van der Waals surface area contributed by atoms with E-state index in [1.807, 2.05) is 30.3 Å². The van der Waals surface area contributed by atoms with Gasteiger partial charge in [-0.15, -0.1) is 0 Å². The summed E-state index contributed by atoms with van der Waals surface area (Å²) in [6.07, 6.45) is -0.00257. The average Bonchev–Trinajstić information content (AvgIpc) is 3.33. The van der Waals surface area contributed by atoms with Crippen LogP contribution in [0.2, 0.25) is 0 Å². The zero-order valence-corrected chi connectivity index (χ0v) is 15.7. The molecule has 2 fully saturated rings. The van der Waals surface area contributed by atoms with Crippen molar-refractivity contribution in [3.8, 4) is 0 Å². The van der Waals surface area contributed by atoms with Crippen LogP contribution in [-0.2, 0) is 14.4 Å². The molecule has 7 heteroatoms. The lowest BCUT2D eigenvalue weighted by atomic mass is 9.89. The van der Waals surface area contributed by atoms with Crippen molar-refractivity contribution in [3.05, 3.63) is 66.0 Å². The smallest absolute Gasteiger partial charge is 0.308 e. The Hall–Kier alpha value is -3.22. The van der Waals surface area contributed by atoms with Gasteiger partial charge < -0.3 is 14.9 Å². The maximum atomic E-state index is 14.1. The van der Waals surface area contributed by atoms with E-state index in [1.165, 1.54) is 17.0 Å². The van der Waals surface area contributed by atoms with Gasteiger partial charge in [0.2, 0.25) is 11.8 Å². The number of para-hydroxylation sites is 1. The van der Waals surface area contributed by atoms with E-state index in [0.29, 0.717) is 6.54 Å². The van der Waals surface area contributed by atoms with Gasteiger partial charge in [-0.1, -0.05) is 42.5 Å². The molecular weight excluding hydrogens is 375 g/mol. The van der Waals surface area contributed by atoms with E-state index in [0.717, 1.165) is 5.56 Å². The summed E-state index contributed by atoms with van der Waals surface area (Å²) in [6.45, 7) is 0.505. The molecule has 6 nitrogen and oxygen atoms in total. The lowest BCUT2D eigenvalue weighted by Gasteiger charge is -2.21. The molecule has 4 rings (SSSR count). The van der Waals surface area contributed by atoms with Crippen LogP contribution < -0.4 is 4.90 Å². The highest BCUT2D eigenvalue weighted by molar-refractivity contribution is 6.00. The number of anilines is 1. The Balaban J connectivity index is 1.51. The zero-order chi connectivity index (χ0) is 20.5. The highest BCUT2D eigenvalue weighted by Gasteiger charge is 2.44. The molecule has 0 aromatic heterocycles. The number of hydrogen-bond acceptors (Lipinski definition) is 3. The normalized spacial score (nSPS) is 24.2. The van der Waals surface area contributed by atoms with Gasteiger partial charge in [0, 0.05) is 32.0 Å². The largest absolute Gasteiger partial charge is 0.481 e. The van der Waals surface area contributed by atoms with Crippen LogP contribution in [0.5, 0.6) is 0 Å². The van der Waals surface area contributed by atoms with Gasteiger partial charge in [-0.3, -0.25) is 14.4 Å².